The molecule has 2 nitrogen and oxygen atoms in total. The van der Waals surface area contributed by atoms with E-state index in [9.17, 15) is 0 Å². The van der Waals surface area contributed by atoms with E-state index in [4.69, 9.17) is 0 Å². The van der Waals surface area contributed by atoms with Crippen molar-refractivity contribution >= 4 is 24.6 Å². The molecule has 26 heavy (non-hydrogen) atoms. The fourth-order valence-corrected chi connectivity index (χ4v) is 4.31. The highest BCUT2D eigenvalue weighted by atomic mass is 15.2. The zero-order chi connectivity index (χ0) is 19.2. The summed E-state index contributed by atoms with van der Waals surface area (Å²) in [5, 5.41) is 0. The fraction of sp³-hybridized carbons (Fsp3) is 0.348. The Bertz CT molecular complexity index is 905. The number of hydrogen-bond acceptors (Lipinski definition) is 1. The fourth-order valence-electron chi connectivity index (χ4n) is 4.31. The summed E-state index contributed by atoms with van der Waals surface area (Å²) in [6, 6.07) is 9.06. The molecule has 0 unspecified atom stereocenters. The first-order valence-electron chi connectivity index (χ1n) is 9.30. The van der Waals surface area contributed by atoms with Gasteiger partial charge in [0, 0.05) is 35.5 Å². The van der Waals surface area contributed by atoms with Crippen LogP contribution in [0.1, 0.15) is 47.2 Å². The SMILES string of the molecule is CC1=CC(C)=[N+](c2c(C)cc(C)cc2C)[B]N1c1c(C)cc(C)cc1C. The Balaban J connectivity index is 2.13. The van der Waals surface area contributed by atoms with Gasteiger partial charge in [-0.2, -0.15) is 0 Å². The van der Waals surface area contributed by atoms with E-state index in [2.05, 4.69) is 103 Å². The first-order valence-corrected chi connectivity index (χ1v) is 9.30. The molecule has 0 saturated carbocycles. The van der Waals surface area contributed by atoms with Crippen LogP contribution in [0.5, 0.6) is 0 Å². The van der Waals surface area contributed by atoms with Crippen molar-refractivity contribution in [3.05, 3.63) is 69.4 Å². The van der Waals surface area contributed by atoms with Crippen LogP contribution in [0.2, 0.25) is 0 Å². The molecular formula is C23H29BN2+. The molecule has 0 bridgehead atoms. The molecule has 0 fully saturated rings. The van der Waals surface area contributed by atoms with Gasteiger partial charge < -0.3 is 4.81 Å². The average molecular weight is 344 g/mol. The van der Waals surface area contributed by atoms with E-state index >= 15 is 0 Å². The minimum atomic E-state index is 1.25. The van der Waals surface area contributed by atoms with E-state index < -0.39 is 0 Å². The first kappa shape index (κ1) is 18.5. The topological polar surface area (TPSA) is 6.25 Å². The van der Waals surface area contributed by atoms with Gasteiger partial charge in [-0.25, -0.2) is 0 Å². The number of nitrogens with zero attached hydrogens (tertiary/aromatic N) is 2. The van der Waals surface area contributed by atoms with E-state index in [1.807, 2.05) is 0 Å². The van der Waals surface area contributed by atoms with Crippen LogP contribution in [0.4, 0.5) is 11.4 Å². The highest BCUT2D eigenvalue weighted by Crippen LogP contribution is 2.32. The van der Waals surface area contributed by atoms with Gasteiger partial charge in [0.15, 0.2) is 11.4 Å². The maximum Gasteiger partial charge on any atom is 0.699 e. The second-order valence-electron chi connectivity index (χ2n) is 7.78. The number of anilines is 1. The summed E-state index contributed by atoms with van der Waals surface area (Å²) in [6.45, 7) is 17.5. The van der Waals surface area contributed by atoms with Crippen LogP contribution in [0.3, 0.4) is 0 Å². The van der Waals surface area contributed by atoms with Crippen molar-refractivity contribution in [2.24, 2.45) is 0 Å². The summed E-state index contributed by atoms with van der Waals surface area (Å²) < 4.78 is 2.33. The van der Waals surface area contributed by atoms with Gasteiger partial charge in [-0.3, -0.25) is 4.49 Å². The van der Waals surface area contributed by atoms with Gasteiger partial charge >= 0.3 is 7.55 Å². The zero-order valence-electron chi connectivity index (χ0n) is 17.4. The molecule has 2 aromatic carbocycles. The van der Waals surface area contributed by atoms with Crippen molar-refractivity contribution in [1.82, 2.24) is 0 Å². The van der Waals surface area contributed by atoms with Crippen molar-refractivity contribution in [2.75, 3.05) is 4.81 Å². The largest absolute Gasteiger partial charge is 0.699 e. The summed E-state index contributed by atoms with van der Waals surface area (Å²) >= 11 is 0. The van der Waals surface area contributed by atoms with Gasteiger partial charge in [0.25, 0.3) is 0 Å². The lowest BCUT2D eigenvalue weighted by Crippen LogP contribution is -2.40. The summed E-state index contributed by atoms with van der Waals surface area (Å²) in [5.74, 6) is 0. The molecular weight excluding hydrogens is 315 g/mol. The minimum Gasteiger partial charge on any atom is -0.322 e. The Labute approximate surface area is 159 Å². The molecule has 2 aromatic rings. The van der Waals surface area contributed by atoms with Gasteiger partial charge in [-0.05, 0) is 71.7 Å². The Morgan fingerprint density at radius 2 is 1.15 bits per heavy atom. The molecule has 0 spiro atoms. The van der Waals surface area contributed by atoms with Crippen molar-refractivity contribution in [3.8, 4) is 0 Å². The third kappa shape index (κ3) is 3.23. The van der Waals surface area contributed by atoms with Crippen LogP contribution < -0.4 is 4.81 Å². The van der Waals surface area contributed by atoms with Crippen molar-refractivity contribution < 1.29 is 4.49 Å². The van der Waals surface area contributed by atoms with Gasteiger partial charge in [-0.1, -0.05) is 23.3 Å². The Kier molecular flexibility index (Phi) is 4.83. The Morgan fingerprint density at radius 1 is 0.692 bits per heavy atom. The predicted molar refractivity (Wildman–Crippen MR) is 114 cm³/mol. The van der Waals surface area contributed by atoms with Crippen LogP contribution in [-0.4, -0.2) is 17.7 Å². The third-order valence-corrected chi connectivity index (χ3v) is 5.16. The number of allylic oxidation sites excluding steroid dienone is 2. The number of hydrogen-bond donors (Lipinski definition) is 0. The van der Waals surface area contributed by atoms with Crippen LogP contribution in [-0.2, 0) is 0 Å². The van der Waals surface area contributed by atoms with Gasteiger partial charge in [0.1, 0.15) is 0 Å². The van der Waals surface area contributed by atoms with E-state index in [0.717, 1.165) is 0 Å². The van der Waals surface area contributed by atoms with Crippen LogP contribution in [0.25, 0.3) is 0 Å². The number of benzene rings is 2. The molecule has 0 saturated heterocycles. The van der Waals surface area contributed by atoms with E-state index in [0.29, 0.717) is 0 Å². The molecule has 0 aromatic heterocycles. The molecule has 3 rings (SSSR count). The second-order valence-corrected chi connectivity index (χ2v) is 7.78. The summed E-state index contributed by atoms with van der Waals surface area (Å²) in [7, 11) is 2.25. The summed E-state index contributed by atoms with van der Waals surface area (Å²) in [5.41, 5.74) is 12.9. The molecule has 1 heterocycles. The van der Waals surface area contributed by atoms with Crippen LogP contribution in [0, 0.1) is 41.5 Å². The minimum absolute atomic E-state index is 1.25. The van der Waals surface area contributed by atoms with Crippen molar-refractivity contribution in [3.63, 3.8) is 0 Å². The summed E-state index contributed by atoms with van der Waals surface area (Å²) in [6.07, 6.45) is 2.28. The smallest absolute Gasteiger partial charge is 0.322 e. The van der Waals surface area contributed by atoms with Gasteiger partial charge in [0.05, 0.1) is 0 Å². The van der Waals surface area contributed by atoms with Crippen LogP contribution in [0.15, 0.2) is 36.0 Å². The Morgan fingerprint density at radius 3 is 1.65 bits per heavy atom. The van der Waals surface area contributed by atoms with Gasteiger partial charge in [-0.15, -0.1) is 0 Å². The molecule has 0 atom stereocenters. The molecule has 0 amide bonds. The molecule has 0 N–H and O–H groups in total. The molecule has 133 valence electrons. The lowest BCUT2D eigenvalue weighted by atomic mass is 9.91. The van der Waals surface area contributed by atoms with E-state index in [1.165, 1.54) is 56.2 Å². The lowest BCUT2D eigenvalue weighted by molar-refractivity contribution is -0.279. The van der Waals surface area contributed by atoms with Crippen molar-refractivity contribution in [2.45, 2.75) is 55.4 Å². The first-order chi connectivity index (χ1) is 12.2. The van der Waals surface area contributed by atoms with Crippen molar-refractivity contribution in [1.29, 1.82) is 0 Å². The number of rotatable bonds is 2. The zero-order valence-corrected chi connectivity index (χ0v) is 17.4. The normalized spacial score (nSPS) is 14.5. The maximum atomic E-state index is 2.33. The highest BCUT2D eigenvalue weighted by molar-refractivity contribution is 6.37. The van der Waals surface area contributed by atoms with E-state index in [-0.39, 0.29) is 0 Å². The Hall–Kier alpha value is -2.29. The third-order valence-electron chi connectivity index (χ3n) is 5.16. The number of aryl methyl sites for hydroxylation is 6. The molecule has 3 heteroatoms. The molecule has 1 aliphatic heterocycles. The standard InChI is InChI=1S/C23H29BN2/c1-14-9-16(3)22(17(4)10-14)25-20(7)13-21(8)26(24-25)23-18(5)11-15(2)12-19(23)6/h9-13H,1-8H3/q+1. The maximum absolute atomic E-state index is 2.33. The van der Waals surface area contributed by atoms with E-state index in [1.54, 1.807) is 0 Å². The highest BCUT2D eigenvalue weighted by Gasteiger charge is 2.34. The molecule has 1 aliphatic rings. The summed E-state index contributed by atoms with van der Waals surface area (Å²) in [4.78, 5) is 2.33. The average Bonchev–Trinajstić information content (AvgIpc) is 2.49. The van der Waals surface area contributed by atoms with Gasteiger partial charge in [0.2, 0.25) is 0 Å². The monoisotopic (exact) mass is 344 g/mol. The second kappa shape index (κ2) is 6.79. The molecule has 1 radical (unpaired) electrons. The lowest BCUT2D eigenvalue weighted by Gasteiger charge is -2.28. The quantitative estimate of drug-likeness (QED) is 0.643. The predicted octanol–water partition coefficient (Wildman–Crippen LogP) is 5.60. The molecule has 0 aliphatic carbocycles. The van der Waals surface area contributed by atoms with Crippen LogP contribution >= 0.6 is 0 Å².